The van der Waals surface area contributed by atoms with Crippen molar-refractivity contribution in [1.29, 1.82) is 0 Å². The van der Waals surface area contributed by atoms with Crippen LogP contribution in [0.4, 0.5) is 13.2 Å². The quantitative estimate of drug-likeness (QED) is 0.769. The molecule has 0 saturated heterocycles. The molecule has 1 rings (SSSR count). The number of halogens is 3. The Kier molecular flexibility index (Phi) is 5.68. The molecule has 0 bridgehead atoms. The minimum atomic E-state index is -4.30. The fourth-order valence-electron chi connectivity index (χ4n) is 1.50. The molecular formula is C12H18F3NO2. The zero-order chi connectivity index (χ0) is 13.6. The molecule has 0 atom stereocenters. The summed E-state index contributed by atoms with van der Waals surface area (Å²) in [5.74, 6) is 1.13. The summed E-state index contributed by atoms with van der Waals surface area (Å²) in [5, 5.41) is 3.21. The van der Waals surface area contributed by atoms with Gasteiger partial charge in [0.1, 0.15) is 24.7 Å². The molecule has 0 aliphatic carbocycles. The van der Waals surface area contributed by atoms with Crippen LogP contribution in [0.2, 0.25) is 0 Å². The van der Waals surface area contributed by atoms with Gasteiger partial charge in [-0.3, -0.25) is 0 Å². The van der Waals surface area contributed by atoms with Crippen molar-refractivity contribution in [3.63, 3.8) is 0 Å². The first-order chi connectivity index (χ1) is 8.42. The van der Waals surface area contributed by atoms with Gasteiger partial charge < -0.3 is 14.5 Å². The molecule has 0 amide bonds. The highest BCUT2D eigenvalue weighted by Gasteiger charge is 2.27. The van der Waals surface area contributed by atoms with Gasteiger partial charge in [0.05, 0.1) is 0 Å². The van der Waals surface area contributed by atoms with Crippen molar-refractivity contribution in [2.45, 2.75) is 39.6 Å². The number of rotatable bonds is 7. The predicted molar refractivity (Wildman–Crippen MR) is 61.2 cm³/mol. The van der Waals surface area contributed by atoms with Gasteiger partial charge in [-0.25, -0.2) is 0 Å². The Morgan fingerprint density at radius 2 is 2.11 bits per heavy atom. The number of aryl methyl sites for hydroxylation is 1. The average Bonchev–Trinajstić information content (AvgIpc) is 2.58. The monoisotopic (exact) mass is 265 g/mol. The van der Waals surface area contributed by atoms with Crippen LogP contribution >= 0.6 is 0 Å². The lowest BCUT2D eigenvalue weighted by molar-refractivity contribution is -0.177. The number of alkyl halides is 3. The Morgan fingerprint density at radius 1 is 1.39 bits per heavy atom. The summed E-state index contributed by atoms with van der Waals surface area (Å²) < 4.78 is 45.5. The van der Waals surface area contributed by atoms with Crippen molar-refractivity contribution >= 4 is 0 Å². The molecule has 3 nitrogen and oxygen atoms in total. The summed E-state index contributed by atoms with van der Waals surface area (Å²) in [7, 11) is 0. The van der Waals surface area contributed by atoms with Crippen LogP contribution < -0.4 is 5.32 Å². The zero-order valence-electron chi connectivity index (χ0n) is 10.6. The van der Waals surface area contributed by atoms with Crippen LogP contribution in [0.25, 0.3) is 0 Å². The van der Waals surface area contributed by atoms with Crippen molar-refractivity contribution in [3.8, 4) is 0 Å². The summed E-state index contributed by atoms with van der Waals surface area (Å²) in [6, 6.07) is 1.73. The van der Waals surface area contributed by atoms with Gasteiger partial charge in [0, 0.05) is 12.1 Å². The SMILES string of the molecule is CCCNCc1cc(COCC(F)(F)F)oc1C. The fraction of sp³-hybridized carbons (Fsp3) is 0.667. The highest BCUT2D eigenvalue weighted by molar-refractivity contribution is 5.20. The average molecular weight is 265 g/mol. The minimum Gasteiger partial charge on any atom is -0.464 e. The second-order valence-electron chi connectivity index (χ2n) is 4.08. The van der Waals surface area contributed by atoms with Crippen LogP contribution in [0.3, 0.4) is 0 Å². The van der Waals surface area contributed by atoms with Gasteiger partial charge in [0.2, 0.25) is 0 Å². The first kappa shape index (κ1) is 15.0. The van der Waals surface area contributed by atoms with Crippen molar-refractivity contribution in [2.24, 2.45) is 0 Å². The topological polar surface area (TPSA) is 34.4 Å². The molecule has 1 aromatic rings. The van der Waals surface area contributed by atoms with Gasteiger partial charge in [0.25, 0.3) is 0 Å². The summed E-state index contributed by atoms with van der Waals surface area (Å²) in [6.07, 6.45) is -3.27. The van der Waals surface area contributed by atoms with E-state index in [0.29, 0.717) is 18.1 Å². The van der Waals surface area contributed by atoms with Crippen LogP contribution in [-0.2, 0) is 17.9 Å². The van der Waals surface area contributed by atoms with Crippen LogP contribution in [-0.4, -0.2) is 19.3 Å². The molecule has 0 aliphatic rings. The highest BCUT2D eigenvalue weighted by atomic mass is 19.4. The number of hydrogen-bond acceptors (Lipinski definition) is 3. The molecule has 1 heterocycles. The van der Waals surface area contributed by atoms with Gasteiger partial charge in [-0.15, -0.1) is 0 Å². The van der Waals surface area contributed by atoms with Crippen LogP contribution in [0.1, 0.15) is 30.4 Å². The highest BCUT2D eigenvalue weighted by Crippen LogP contribution is 2.18. The van der Waals surface area contributed by atoms with Crippen molar-refractivity contribution in [2.75, 3.05) is 13.2 Å². The third-order valence-corrected chi connectivity index (χ3v) is 2.32. The second-order valence-corrected chi connectivity index (χ2v) is 4.08. The molecule has 104 valence electrons. The number of furan rings is 1. The first-order valence-electron chi connectivity index (χ1n) is 5.85. The maximum Gasteiger partial charge on any atom is 0.411 e. The second kappa shape index (κ2) is 6.80. The molecule has 18 heavy (non-hydrogen) atoms. The van der Waals surface area contributed by atoms with E-state index in [9.17, 15) is 13.2 Å². The molecule has 0 spiro atoms. The molecular weight excluding hydrogens is 247 g/mol. The maximum atomic E-state index is 11.9. The van der Waals surface area contributed by atoms with Crippen LogP contribution in [0, 0.1) is 6.92 Å². The fourth-order valence-corrected chi connectivity index (χ4v) is 1.50. The third-order valence-electron chi connectivity index (χ3n) is 2.32. The van der Waals surface area contributed by atoms with Crippen molar-refractivity contribution in [3.05, 3.63) is 23.2 Å². The minimum absolute atomic E-state index is 0.159. The lowest BCUT2D eigenvalue weighted by atomic mass is 10.2. The summed E-state index contributed by atoms with van der Waals surface area (Å²) in [5.41, 5.74) is 0.953. The van der Waals surface area contributed by atoms with E-state index >= 15 is 0 Å². The molecule has 6 heteroatoms. The Balaban J connectivity index is 2.41. The van der Waals surface area contributed by atoms with Crippen molar-refractivity contribution < 1.29 is 22.3 Å². The van der Waals surface area contributed by atoms with Gasteiger partial charge >= 0.3 is 6.18 Å². The molecule has 1 aromatic heterocycles. The molecule has 0 radical (unpaired) electrons. The molecule has 0 unspecified atom stereocenters. The normalized spacial score (nSPS) is 12.1. The molecule has 0 fully saturated rings. The summed E-state index contributed by atoms with van der Waals surface area (Å²) in [6.45, 7) is 3.99. The van der Waals surface area contributed by atoms with Gasteiger partial charge in [-0.1, -0.05) is 6.92 Å². The van der Waals surface area contributed by atoms with Crippen LogP contribution in [0.5, 0.6) is 0 Å². The van der Waals surface area contributed by atoms with E-state index in [0.717, 1.165) is 18.5 Å². The van der Waals surface area contributed by atoms with E-state index in [-0.39, 0.29) is 6.61 Å². The number of hydrogen-bond donors (Lipinski definition) is 1. The van der Waals surface area contributed by atoms with Crippen LogP contribution in [0.15, 0.2) is 10.5 Å². The maximum absolute atomic E-state index is 11.9. The number of ether oxygens (including phenoxy) is 1. The molecule has 1 N–H and O–H groups in total. The van der Waals surface area contributed by atoms with E-state index < -0.39 is 12.8 Å². The van der Waals surface area contributed by atoms with E-state index in [1.165, 1.54) is 0 Å². The summed E-state index contributed by atoms with van der Waals surface area (Å²) in [4.78, 5) is 0. The lowest BCUT2D eigenvalue weighted by Gasteiger charge is -2.05. The largest absolute Gasteiger partial charge is 0.464 e. The number of nitrogens with one attached hydrogen (secondary N) is 1. The van der Waals surface area contributed by atoms with E-state index in [1.807, 2.05) is 0 Å². The zero-order valence-corrected chi connectivity index (χ0v) is 10.6. The van der Waals surface area contributed by atoms with E-state index in [1.54, 1.807) is 13.0 Å². The molecule has 0 aliphatic heterocycles. The smallest absolute Gasteiger partial charge is 0.411 e. The molecule has 0 aromatic carbocycles. The predicted octanol–water partition coefficient (Wildman–Crippen LogP) is 3.17. The third kappa shape index (κ3) is 5.55. The van der Waals surface area contributed by atoms with Crippen molar-refractivity contribution in [1.82, 2.24) is 5.32 Å². The van der Waals surface area contributed by atoms with E-state index in [2.05, 4.69) is 17.0 Å². The van der Waals surface area contributed by atoms with Gasteiger partial charge in [-0.05, 0) is 26.0 Å². The Hall–Kier alpha value is -1.01. The van der Waals surface area contributed by atoms with Gasteiger partial charge in [0.15, 0.2) is 0 Å². The lowest BCUT2D eigenvalue weighted by Crippen LogP contribution is -2.16. The van der Waals surface area contributed by atoms with E-state index in [4.69, 9.17) is 4.42 Å². The van der Waals surface area contributed by atoms with Gasteiger partial charge in [-0.2, -0.15) is 13.2 Å². The first-order valence-corrected chi connectivity index (χ1v) is 5.85. The summed E-state index contributed by atoms with van der Waals surface area (Å²) >= 11 is 0. The standard InChI is InChI=1S/C12H18F3NO2/c1-3-4-16-6-10-5-11(18-9(10)2)7-17-8-12(13,14)15/h5,16H,3-4,6-8H2,1-2H3. The Bertz CT molecular complexity index is 361. The Morgan fingerprint density at radius 3 is 2.72 bits per heavy atom. The Labute approximate surface area is 104 Å². The molecule has 0 saturated carbocycles.